The maximum Gasteiger partial charge on any atom is 0.220 e. The topological polar surface area (TPSA) is 41.1 Å². The molecule has 1 aliphatic carbocycles. The third-order valence-electron chi connectivity index (χ3n) is 3.42. The number of hydrogen-bond acceptors (Lipinski definition) is 2. The molecule has 0 radical (unpaired) electrons. The van der Waals surface area contributed by atoms with Crippen LogP contribution >= 0.6 is 12.4 Å². The summed E-state index contributed by atoms with van der Waals surface area (Å²) in [6.07, 6.45) is 5.19. The second-order valence-electron chi connectivity index (χ2n) is 5.21. The van der Waals surface area contributed by atoms with Crippen LogP contribution < -0.4 is 10.6 Å². The van der Waals surface area contributed by atoms with Crippen LogP contribution in [0.3, 0.4) is 0 Å². The molecule has 16 heavy (non-hydrogen) atoms. The maximum absolute atomic E-state index is 11.6. The van der Waals surface area contributed by atoms with Gasteiger partial charge in [-0.25, -0.2) is 0 Å². The molecule has 1 rings (SSSR count). The first-order chi connectivity index (χ1) is 7.06. The summed E-state index contributed by atoms with van der Waals surface area (Å²) in [5, 5.41) is 6.21. The van der Waals surface area contributed by atoms with Gasteiger partial charge in [0.05, 0.1) is 0 Å². The van der Waals surface area contributed by atoms with Crippen molar-refractivity contribution < 1.29 is 4.79 Å². The van der Waals surface area contributed by atoms with E-state index in [0.29, 0.717) is 17.9 Å². The van der Waals surface area contributed by atoms with Crippen LogP contribution in [0, 0.1) is 5.41 Å². The Hall–Kier alpha value is -0.280. The van der Waals surface area contributed by atoms with E-state index in [1.807, 2.05) is 7.05 Å². The predicted molar refractivity (Wildman–Crippen MR) is 70.0 cm³/mol. The Morgan fingerprint density at radius 2 is 2.12 bits per heavy atom. The van der Waals surface area contributed by atoms with E-state index in [4.69, 9.17) is 0 Å². The molecule has 0 saturated heterocycles. The van der Waals surface area contributed by atoms with Crippen molar-refractivity contribution in [3.8, 4) is 0 Å². The fourth-order valence-corrected chi connectivity index (χ4v) is 2.29. The van der Waals surface area contributed by atoms with Crippen molar-refractivity contribution in [3.63, 3.8) is 0 Å². The molecule has 1 saturated carbocycles. The summed E-state index contributed by atoms with van der Waals surface area (Å²) in [6, 6.07) is 0.389. The molecular weight excluding hydrogens is 224 g/mol. The molecule has 1 unspecified atom stereocenters. The lowest BCUT2D eigenvalue weighted by molar-refractivity contribution is -0.122. The van der Waals surface area contributed by atoms with E-state index in [1.165, 1.54) is 12.8 Å². The minimum absolute atomic E-state index is 0. The van der Waals surface area contributed by atoms with Crippen molar-refractivity contribution in [3.05, 3.63) is 0 Å². The normalized spacial score (nSPS) is 22.6. The highest BCUT2D eigenvalue weighted by Gasteiger charge is 2.34. The molecule has 1 atom stereocenters. The summed E-state index contributed by atoms with van der Waals surface area (Å²) >= 11 is 0. The van der Waals surface area contributed by atoms with Crippen molar-refractivity contribution in [1.29, 1.82) is 0 Å². The van der Waals surface area contributed by atoms with E-state index in [9.17, 15) is 4.79 Å². The zero-order valence-electron chi connectivity index (χ0n) is 10.6. The van der Waals surface area contributed by atoms with Gasteiger partial charge < -0.3 is 10.6 Å². The molecule has 0 bridgehead atoms. The highest BCUT2D eigenvalue weighted by molar-refractivity contribution is 5.85. The van der Waals surface area contributed by atoms with Crippen LogP contribution in [0.1, 0.15) is 46.0 Å². The van der Waals surface area contributed by atoms with Crippen molar-refractivity contribution in [2.75, 3.05) is 13.6 Å². The molecular formula is C12H25ClN2O. The number of carbonyl (C=O) groups excluding carboxylic acids is 1. The number of halogens is 1. The third-order valence-corrected chi connectivity index (χ3v) is 3.42. The lowest BCUT2D eigenvalue weighted by atomic mass is 9.87. The molecule has 1 aliphatic rings. The fraction of sp³-hybridized carbons (Fsp3) is 0.917. The Morgan fingerprint density at radius 3 is 2.62 bits per heavy atom. The summed E-state index contributed by atoms with van der Waals surface area (Å²) in [5.74, 6) is 0.213. The summed E-state index contributed by atoms with van der Waals surface area (Å²) in [4.78, 5) is 11.6. The van der Waals surface area contributed by atoms with E-state index >= 15 is 0 Å². The number of nitrogens with one attached hydrogen (secondary N) is 2. The van der Waals surface area contributed by atoms with Gasteiger partial charge in [0.15, 0.2) is 0 Å². The zero-order valence-corrected chi connectivity index (χ0v) is 11.5. The standard InChI is InChI=1S/C12H24N2O.ClH/c1-12(2)8-4-6-10(12)14-11(15)7-5-9-13-3;/h10,13H,4-9H2,1-3H3,(H,14,15);1H. The highest BCUT2D eigenvalue weighted by Crippen LogP contribution is 2.37. The molecule has 1 fully saturated rings. The van der Waals surface area contributed by atoms with Gasteiger partial charge in [0.25, 0.3) is 0 Å². The van der Waals surface area contributed by atoms with Crippen LogP contribution in [0.5, 0.6) is 0 Å². The summed E-state index contributed by atoms with van der Waals surface area (Å²) in [5.41, 5.74) is 0.290. The van der Waals surface area contributed by atoms with Crippen molar-refractivity contribution in [1.82, 2.24) is 10.6 Å². The van der Waals surface area contributed by atoms with Crippen molar-refractivity contribution in [2.24, 2.45) is 5.41 Å². The van der Waals surface area contributed by atoms with Crippen molar-refractivity contribution >= 4 is 18.3 Å². The number of amides is 1. The fourth-order valence-electron chi connectivity index (χ4n) is 2.29. The van der Waals surface area contributed by atoms with E-state index < -0.39 is 0 Å². The Balaban J connectivity index is 0.00000225. The Labute approximate surface area is 105 Å². The molecule has 96 valence electrons. The Kier molecular flexibility index (Phi) is 7.00. The van der Waals surface area contributed by atoms with Crippen molar-refractivity contribution in [2.45, 2.75) is 52.0 Å². The molecule has 0 aliphatic heterocycles. The molecule has 0 heterocycles. The number of hydrogen-bond donors (Lipinski definition) is 2. The van der Waals surface area contributed by atoms with Crippen LogP contribution in [-0.4, -0.2) is 25.5 Å². The van der Waals surface area contributed by atoms with Gasteiger partial charge in [0.2, 0.25) is 5.91 Å². The van der Waals surface area contributed by atoms with Gasteiger partial charge in [-0.05, 0) is 38.3 Å². The monoisotopic (exact) mass is 248 g/mol. The minimum Gasteiger partial charge on any atom is -0.353 e. The zero-order chi connectivity index (χ0) is 11.3. The van der Waals surface area contributed by atoms with E-state index in [0.717, 1.165) is 19.4 Å². The Bertz CT molecular complexity index is 219. The average Bonchev–Trinajstić information content (AvgIpc) is 2.46. The van der Waals surface area contributed by atoms with Crippen LogP contribution in [0.25, 0.3) is 0 Å². The van der Waals surface area contributed by atoms with Crippen LogP contribution in [0.4, 0.5) is 0 Å². The summed E-state index contributed by atoms with van der Waals surface area (Å²) < 4.78 is 0. The lowest BCUT2D eigenvalue weighted by Gasteiger charge is -2.27. The molecule has 1 amide bonds. The second kappa shape index (κ2) is 7.13. The van der Waals surface area contributed by atoms with Gasteiger partial charge in [-0.15, -0.1) is 12.4 Å². The largest absolute Gasteiger partial charge is 0.353 e. The van der Waals surface area contributed by atoms with E-state index in [1.54, 1.807) is 0 Å². The maximum atomic E-state index is 11.6. The molecule has 3 nitrogen and oxygen atoms in total. The smallest absolute Gasteiger partial charge is 0.220 e. The molecule has 4 heteroatoms. The van der Waals surface area contributed by atoms with Gasteiger partial charge in [0.1, 0.15) is 0 Å². The van der Waals surface area contributed by atoms with E-state index in [-0.39, 0.29) is 18.3 Å². The number of rotatable bonds is 5. The predicted octanol–water partition coefficient (Wildman–Crippen LogP) is 2.10. The summed E-state index contributed by atoms with van der Waals surface area (Å²) in [6.45, 7) is 5.42. The van der Waals surface area contributed by atoms with Gasteiger partial charge >= 0.3 is 0 Å². The second-order valence-corrected chi connectivity index (χ2v) is 5.21. The lowest BCUT2D eigenvalue weighted by Crippen LogP contribution is -2.41. The third kappa shape index (κ3) is 4.71. The number of carbonyl (C=O) groups is 1. The first-order valence-electron chi connectivity index (χ1n) is 6.00. The van der Waals surface area contributed by atoms with Gasteiger partial charge in [-0.1, -0.05) is 20.3 Å². The van der Waals surface area contributed by atoms with Crippen LogP contribution in [-0.2, 0) is 4.79 Å². The van der Waals surface area contributed by atoms with Crippen LogP contribution in [0.15, 0.2) is 0 Å². The van der Waals surface area contributed by atoms with Gasteiger partial charge in [-0.3, -0.25) is 4.79 Å². The van der Waals surface area contributed by atoms with Gasteiger partial charge in [0, 0.05) is 12.5 Å². The molecule has 2 N–H and O–H groups in total. The SMILES string of the molecule is CNCCCC(=O)NC1CCCC1(C)C.Cl. The molecule has 0 aromatic rings. The molecule has 0 aromatic heterocycles. The minimum atomic E-state index is 0. The quantitative estimate of drug-likeness (QED) is 0.732. The average molecular weight is 249 g/mol. The Morgan fingerprint density at radius 1 is 1.44 bits per heavy atom. The summed E-state index contributed by atoms with van der Waals surface area (Å²) in [7, 11) is 1.91. The van der Waals surface area contributed by atoms with E-state index in [2.05, 4.69) is 24.5 Å². The first-order valence-corrected chi connectivity index (χ1v) is 6.00. The van der Waals surface area contributed by atoms with Gasteiger partial charge in [-0.2, -0.15) is 0 Å². The van der Waals surface area contributed by atoms with Crippen LogP contribution in [0.2, 0.25) is 0 Å². The highest BCUT2D eigenvalue weighted by atomic mass is 35.5. The molecule has 0 aromatic carbocycles. The molecule has 0 spiro atoms. The first kappa shape index (κ1) is 15.7.